The molecule has 0 aliphatic rings. The molecule has 5 nitrogen and oxygen atoms in total. The highest BCUT2D eigenvalue weighted by atomic mass is 35.5. The Morgan fingerprint density at radius 3 is 2.07 bits per heavy atom. The van der Waals surface area contributed by atoms with Gasteiger partial charge in [0.1, 0.15) is 0 Å². The van der Waals surface area contributed by atoms with Crippen molar-refractivity contribution < 1.29 is 9.15 Å². The second kappa shape index (κ2) is 12.1. The van der Waals surface area contributed by atoms with Gasteiger partial charge in [-0.25, -0.2) is 4.79 Å². The molecule has 0 unspecified atom stereocenters. The Hall–Kier alpha value is -1.46. The normalized spacial score (nSPS) is 11.1. The molecule has 150 valence electrons. The molecule has 1 aromatic carbocycles. The molecule has 0 bridgehead atoms. The number of hydrogen-bond acceptors (Lipinski definition) is 4. The zero-order valence-corrected chi connectivity index (χ0v) is 17.4. The fraction of sp³-hybridized carbons (Fsp3) is 0.600. The zero-order valence-electron chi connectivity index (χ0n) is 15.9. The summed E-state index contributed by atoms with van der Waals surface area (Å²) in [6, 6.07) is 4.76. The lowest BCUT2D eigenvalue weighted by Crippen LogP contribution is -2.13. The van der Waals surface area contributed by atoms with Crippen molar-refractivity contribution in [3.8, 4) is 11.8 Å². The highest BCUT2D eigenvalue weighted by molar-refractivity contribution is 6.34. The van der Waals surface area contributed by atoms with Crippen molar-refractivity contribution >= 4 is 23.2 Å². The van der Waals surface area contributed by atoms with Gasteiger partial charge in [0, 0.05) is 10.0 Å². The van der Waals surface area contributed by atoms with Crippen molar-refractivity contribution in [3.63, 3.8) is 0 Å². The number of benzene rings is 1. The van der Waals surface area contributed by atoms with Crippen molar-refractivity contribution in [1.29, 1.82) is 0 Å². The van der Waals surface area contributed by atoms with Crippen molar-refractivity contribution in [2.24, 2.45) is 0 Å². The van der Waals surface area contributed by atoms with Crippen molar-refractivity contribution in [2.75, 3.05) is 6.61 Å². The molecule has 1 heterocycles. The van der Waals surface area contributed by atoms with Gasteiger partial charge >= 0.3 is 11.8 Å². The van der Waals surface area contributed by atoms with Gasteiger partial charge in [0.15, 0.2) is 0 Å². The summed E-state index contributed by atoms with van der Waals surface area (Å²) in [4.78, 5) is 11.9. The molecule has 2 rings (SSSR count). The van der Waals surface area contributed by atoms with Crippen molar-refractivity contribution in [2.45, 2.75) is 71.1 Å². The van der Waals surface area contributed by atoms with Gasteiger partial charge in [-0.05, 0) is 24.6 Å². The highest BCUT2D eigenvalue weighted by Gasteiger charge is 2.12. The summed E-state index contributed by atoms with van der Waals surface area (Å²) >= 11 is 11.9. The van der Waals surface area contributed by atoms with Gasteiger partial charge in [0.25, 0.3) is 0 Å². The van der Waals surface area contributed by atoms with Crippen LogP contribution in [0.4, 0.5) is 0 Å². The first-order valence-electron chi connectivity index (χ1n) is 9.79. The predicted molar refractivity (Wildman–Crippen MR) is 109 cm³/mol. The number of rotatable bonds is 13. The standard InChI is InChI=1S/C20H28Cl2N2O3/c1-2-3-4-5-6-7-8-9-10-11-12-26-19-23-24(20(25)27-19)18-14-16(21)13-17(22)15-18/h13-15H,2-12H2,1H3. The maximum absolute atomic E-state index is 11.9. The Labute approximate surface area is 170 Å². The minimum Gasteiger partial charge on any atom is -0.449 e. The summed E-state index contributed by atoms with van der Waals surface area (Å²) in [5.41, 5.74) is 0.440. The Morgan fingerprint density at radius 1 is 0.926 bits per heavy atom. The fourth-order valence-electron chi connectivity index (χ4n) is 2.89. The Balaban J connectivity index is 1.65. The van der Waals surface area contributed by atoms with Crippen molar-refractivity contribution in [1.82, 2.24) is 9.78 Å². The minimum absolute atomic E-state index is 0.0352. The van der Waals surface area contributed by atoms with Crippen LogP contribution in [0.15, 0.2) is 27.4 Å². The summed E-state index contributed by atoms with van der Waals surface area (Å²) in [7, 11) is 0. The summed E-state index contributed by atoms with van der Waals surface area (Å²) in [5, 5.41) is 4.88. The van der Waals surface area contributed by atoms with Crippen LogP contribution in [0, 0.1) is 0 Å². The van der Waals surface area contributed by atoms with Gasteiger partial charge in [-0.1, -0.05) is 93.0 Å². The molecule has 2 aromatic rings. The highest BCUT2D eigenvalue weighted by Crippen LogP contribution is 2.21. The van der Waals surface area contributed by atoms with Gasteiger partial charge in [-0.3, -0.25) is 0 Å². The van der Waals surface area contributed by atoms with Gasteiger partial charge < -0.3 is 9.15 Å². The molecule has 0 saturated carbocycles. The number of ether oxygens (including phenoxy) is 1. The summed E-state index contributed by atoms with van der Waals surface area (Å²) < 4.78 is 11.6. The van der Waals surface area contributed by atoms with E-state index in [-0.39, 0.29) is 6.08 Å². The molecule has 0 spiro atoms. The third-order valence-corrected chi connectivity index (χ3v) is 4.78. The molecule has 0 aliphatic carbocycles. The summed E-state index contributed by atoms with van der Waals surface area (Å²) in [5.74, 6) is -0.633. The van der Waals surface area contributed by atoms with E-state index in [1.165, 1.54) is 51.4 Å². The number of nitrogens with zero attached hydrogens (tertiary/aromatic N) is 2. The summed E-state index contributed by atoms with van der Waals surface area (Å²) in [6.45, 7) is 2.72. The van der Waals surface area contributed by atoms with Gasteiger partial charge in [-0.15, -0.1) is 0 Å². The molecule has 7 heteroatoms. The lowest BCUT2D eigenvalue weighted by atomic mass is 10.1. The predicted octanol–water partition coefficient (Wildman–Crippen LogP) is 6.43. The number of hydrogen-bond donors (Lipinski definition) is 0. The Morgan fingerprint density at radius 2 is 1.48 bits per heavy atom. The van der Waals surface area contributed by atoms with Crippen LogP contribution in [0.2, 0.25) is 10.0 Å². The van der Waals surface area contributed by atoms with Crippen LogP contribution >= 0.6 is 23.2 Å². The third kappa shape index (κ3) is 7.97. The van der Waals surface area contributed by atoms with E-state index in [0.717, 1.165) is 17.5 Å². The zero-order chi connectivity index (χ0) is 19.5. The molecule has 0 amide bonds. The van der Waals surface area contributed by atoms with E-state index in [9.17, 15) is 4.79 Å². The molecule has 0 N–H and O–H groups in total. The first-order valence-corrected chi connectivity index (χ1v) is 10.5. The van der Waals surface area contributed by atoms with E-state index in [2.05, 4.69) is 12.0 Å². The third-order valence-electron chi connectivity index (χ3n) is 4.34. The van der Waals surface area contributed by atoms with Crippen LogP contribution in [0.3, 0.4) is 0 Å². The number of unbranched alkanes of at least 4 members (excludes halogenated alkanes) is 9. The van der Waals surface area contributed by atoms with Crippen LogP contribution in [0.25, 0.3) is 5.69 Å². The maximum atomic E-state index is 11.9. The maximum Gasteiger partial charge on any atom is 0.444 e. The van der Waals surface area contributed by atoms with Crippen LogP contribution in [0.1, 0.15) is 71.1 Å². The average Bonchev–Trinajstić information content (AvgIpc) is 2.99. The molecule has 1 aromatic heterocycles. The Kier molecular flexibility index (Phi) is 9.78. The van der Waals surface area contributed by atoms with E-state index in [0.29, 0.717) is 22.3 Å². The fourth-order valence-corrected chi connectivity index (χ4v) is 3.41. The van der Waals surface area contributed by atoms with E-state index in [1.54, 1.807) is 18.2 Å². The quantitative estimate of drug-likeness (QED) is 0.354. The first-order chi connectivity index (χ1) is 13.1. The number of halogens is 2. The smallest absolute Gasteiger partial charge is 0.444 e. The molecule has 0 fully saturated rings. The van der Waals surface area contributed by atoms with Crippen LogP contribution in [0.5, 0.6) is 6.08 Å². The van der Waals surface area contributed by atoms with E-state index in [1.807, 2.05) is 0 Å². The van der Waals surface area contributed by atoms with Gasteiger partial charge in [-0.2, -0.15) is 4.68 Å². The molecular weight excluding hydrogens is 387 g/mol. The second-order valence-electron chi connectivity index (χ2n) is 6.70. The topological polar surface area (TPSA) is 57.3 Å². The molecule has 0 aliphatic heterocycles. The molecule has 0 radical (unpaired) electrons. The van der Waals surface area contributed by atoms with E-state index < -0.39 is 5.76 Å². The van der Waals surface area contributed by atoms with Crippen LogP contribution in [-0.2, 0) is 0 Å². The Bertz CT molecular complexity index is 723. The minimum atomic E-state index is -0.633. The SMILES string of the molecule is CCCCCCCCCCCCOc1nn(-c2cc(Cl)cc(Cl)c2)c(=O)o1. The molecular formula is C20H28Cl2N2O3. The van der Waals surface area contributed by atoms with E-state index in [4.69, 9.17) is 32.4 Å². The van der Waals surface area contributed by atoms with Gasteiger partial charge in [0.05, 0.1) is 12.3 Å². The lowest BCUT2D eigenvalue weighted by molar-refractivity contribution is 0.219. The van der Waals surface area contributed by atoms with Crippen molar-refractivity contribution in [3.05, 3.63) is 38.8 Å². The second-order valence-corrected chi connectivity index (χ2v) is 7.58. The molecule has 0 atom stereocenters. The molecule has 27 heavy (non-hydrogen) atoms. The summed E-state index contributed by atoms with van der Waals surface area (Å²) in [6.07, 6.45) is 12.5. The monoisotopic (exact) mass is 414 g/mol. The van der Waals surface area contributed by atoms with Crippen LogP contribution in [-0.4, -0.2) is 16.4 Å². The average molecular weight is 415 g/mol. The van der Waals surface area contributed by atoms with E-state index >= 15 is 0 Å². The lowest BCUT2D eigenvalue weighted by Gasteiger charge is -2.03. The first kappa shape index (κ1) is 21.8. The van der Waals surface area contributed by atoms with Gasteiger partial charge in [0.2, 0.25) is 0 Å². The number of aromatic nitrogens is 2. The largest absolute Gasteiger partial charge is 0.449 e. The molecule has 0 saturated heterocycles. The van der Waals surface area contributed by atoms with Crippen LogP contribution < -0.4 is 10.5 Å².